The molecule has 0 saturated heterocycles. The predicted octanol–water partition coefficient (Wildman–Crippen LogP) is 2.10. The van der Waals surface area contributed by atoms with Crippen LogP contribution in [-0.4, -0.2) is 49.1 Å². The zero-order valence-corrected chi connectivity index (χ0v) is 13.1. The topological polar surface area (TPSA) is 63.6 Å². The van der Waals surface area contributed by atoms with E-state index in [1.807, 2.05) is 19.1 Å². The van der Waals surface area contributed by atoms with Crippen LogP contribution in [0.15, 0.2) is 41.3 Å². The molecule has 0 aromatic heterocycles. The fourth-order valence-corrected chi connectivity index (χ4v) is 2.14. The van der Waals surface area contributed by atoms with E-state index in [1.54, 1.807) is 12.1 Å². The van der Waals surface area contributed by atoms with Crippen molar-refractivity contribution in [3.8, 4) is 5.75 Å². The summed E-state index contributed by atoms with van der Waals surface area (Å²) in [4.78, 5) is -0.112. The summed E-state index contributed by atoms with van der Waals surface area (Å²) in [5.41, 5.74) is 0. The summed E-state index contributed by atoms with van der Waals surface area (Å²) in [5.74, 6) is 0.674. The third-order valence-corrected chi connectivity index (χ3v) is 3.24. The molecule has 0 saturated carbocycles. The number of hydrogen-bond acceptors (Lipinski definition) is 3. The maximum Gasteiger partial charge on any atom is 0.294 e. The first-order valence-electron chi connectivity index (χ1n) is 5.15. The van der Waals surface area contributed by atoms with Crippen LogP contribution in [-0.2, 0) is 10.1 Å². The summed E-state index contributed by atoms with van der Waals surface area (Å²) in [6, 6.07) is 9.85. The molecule has 0 spiro atoms. The quantitative estimate of drug-likeness (QED) is 0.688. The van der Waals surface area contributed by atoms with Crippen molar-refractivity contribution in [3.63, 3.8) is 0 Å². The van der Waals surface area contributed by atoms with Gasteiger partial charge < -0.3 is 4.74 Å². The summed E-state index contributed by atoms with van der Waals surface area (Å²) in [6.07, 6.45) is 0. The molecule has 4 nitrogen and oxygen atoms in total. The number of benzene rings is 2. The third kappa shape index (κ3) is 3.46. The Kier molecular flexibility index (Phi) is 5.19. The Labute approximate surface area is 128 Å². The van der Waals surface area contributed by atoms with Gasteiger partial charge in [-0.1, -0.05) is 12.1 Å². The van der Waals surface area contributed by atoms with Crippen LogP contribution in [0.1, 0.15) is 6.92 Å². The van der Waals surface area contributed by atoms with Gasteiger partial charge in [0, 0.05) is 29.6 Å². The molecule has 1 radical (unpaired) electrons. The van der Waals surface area contributed by atoms with E-state index in [2.05, 4.69) is 0 Å². The first-order valence-corrected chi connectivity index (χ1v) is 6.59. The van der Waals surface area contributed by atoms with Crippen molar-refractivity contribution < 1.29 is 17.7 Å². The van der Waals surface area contributed by atoms with Gasteiger partial charge in [0.05, 0.1) is 11.5 Å². The van der Waals surface area contributed by atoms with E-state index in [0.717, 1.165) is 5.39 Å². The van der Waals surface area contributed by atoms with E-state index in [9.17, 15) is 8.42 Å². The van der Waals surface area contributed by atoms with Gasteiger partial charge in [0.2, 0.25) is 0 Å². The zero-order chi connectivity index (χ0) is 12.5. The van der Waals surface area contributed by atoms with E-state index in [0.29, 0.717) is 17.7 Å². The van der Waals surface area contributed by atoms with Gasteiger partial charge in [-0.3, -0.25) is 4.55 Å². The Bertz CT molecular complexity index is 652. The van der Waals surface area contributed by atoms with Gasteiger partial charge in [0.1, 0.15) is 5.75 Å². The van der Waals surface area contributed by atoms with E-state index in [1.165, 1.54) is 12.1 Å². The zero-order valence-electron chi connectivity index (χ0n) is 10.3. The van der Waals surface area contributed by atoms with Crippen molar-refractivity contribution in [1.82, 2.24) is 0 Å². The smallest absolute Gasteiger partial charge is 0.294 e. The van der Waals surface area contributed by atoms with Crippen LogP contribution in [0.5, 0.6) is 5.75 Å². The molecule has 6 heteroatoms. The fraction of sp³-hybridized carbons (Fsp3) is 0.167. The monoisotopic (exact) mass is 275 g/mol. The Morgan fingerprint density at radius 1 is 1.11 bits per heavy atom. The Hall–Kier alpha value is -0.590. The molecule has 91 valence electrons. The van der Waals surface area contributed by atoms with Crippen LogP contribution >= 0.6 is 0 Å². The Balaban J connectivity index is 0.00000162. The molecule has 2 rings (SSSR count). The maximum atomic E-state index is 11.0. The second-order valence-corrected chi connectivity index (χ2v) is 5.00. The van der Waals surface area contributed by atoms with Crippen LogP contribution in [0.3, 0.4) is 0 Å². The van der Waals surface area contributed by atoms with E-state index >= 15 is 0 Å². The predicted molar refractivity (Wildman–Crippen MR) is 70.7 cm³/mol. The second-order valence-electron chi connectivity index (χ2n) is 3.58. The molecular formula is C12H12NaO4S. The van der Waals surface area contributed by atoms with Crippen molar-refractivity contribution >= 4 is 50.4 Å². The molecule has 0 atom stereocenters. The van der Waals surface area contributed by atoms with Crippen molar-refractivity contribution in [1.29, 1.82) is 0 Å². The molecule has 0 aliphatic rings. The number of fused-ring (bicyclic) bond motifs is 1. The first kappa shape index (κ1) is 15.5. The minimum absolute atomic E-state index is 0. The van der Waals surface area contributed by atoms with Gasteiger partial charge in [-0.15, -0.1) is 0 Å². The summed E-state index contributed by atoms with van der Waals surface area (Å²) in [7, 11) is -4.16. The standard InChI is InChI=1S/C12H12O4S.Na/c1-2-16-11-5-3-9-4-6-12(17(13,14)15)8-10(9)7-11;/h3-8H,2H2,1H3,(H,13,14,15);. The van der Waals surface area contributed by atoms with Crippen molar-refractivity contribution in [2.45, 2.75) is 11.8 Å². The van der Waals surface area contributed by atoms with Crippen molar-refractivity contribution in [2.24, 2.45) is 0 Å². The molecule has 2 aromatic carbocycles. The summed E-state index contributed by atoms with van der Waals surface area (Å²) < 4.78 is 36.3. The van der Waals surface area contributed by atoms with Crippen LogP contribution in [0, 0.1) is 0 Å². The second kappa shape index (κ2) is 6.04. The van der Waals surface area contributed by atoms with E-state index < -0.39 is 10.1 Å². The van der Waals surface area contributed by atoms with Gasteiger partial charge in [0.25, 0.3) is 10.1 Å². The van der Waals surface area contributed by atoms with Gasteiger partial charge in [-0.25, -0.2) is 0 Å². The fourth-order valence-electron chi connectivity index (χ4n) is 1.62. The Morgan fingerprint density at radius 2 is 1.78 bits per heavy atom. The van der Waals surface area contributed by atoms with Crippen molar-refractivity contribution in [3.05, 3.63) is 36.4 Å². The first-order chi connectivity index (χ1) is 8.00. The molecule has 0 bridgehead atoms. The molecule has 0 unspecified atom stereocenters. The summed E-state index contributed by atoms with van der Waals surface area (Å²) >= 11 is 0. The van der Waals surface area contributed by atoms with Gasteiger partial charge in [-0.2, -0.15) is 8.42 Å². The molecule has 0 aliphatic heterocycles. The largest absolute Gasteiger partial charge is 0.494 e. The molecule has 0 amide bonds. The molecule has 0 fully saturated rings. The molecule has 0 aliphatic carbocycles. The number of hydrogen-bond donors (Lipinski definition) is 1. The van der Waals surface area contributed by atoms with Crippen molar-refractivity contribution in [2.75, 3.05) is 6.61 Å². The van der Waals surface area contributed by atoms with Gasteiger partial charge in [0.15, 0.2) is 0 Å². The number of ether oxygens (including phenoxy) is 1. The van der Waals surface area contributed by atoms with Crippen LogP contribution < -0.4 is 4.74 Å². The normalized spacial score (nSPS) is 11.0. The minimum atomic E-state index is -4.16. The average Bonchev–Trinajstić information content (AvgIpc) is 2.27. The van der Waals surface area contributed by atoms with Gasteiger partial charge >= 0.3 is 0 Å². The third-order valence-electron chi connectivity index (χ3n) is 2.39. The summed E-state index contributed by atoms with van der Waals surface area (Å²) in [5, 5.41) is 1.60. The van der Waals surface area contributed by atoms with Gasteiger partial charge in [-0.05, 0) is 42.0 Å². The van der Waals surface area contributed by atoms with Crippen LogP contribution in [0.25, 0.3) is 10.8 Å². The molecule has 0 heterocycles. The minimum Gasteiger partial charge on any atom is -0.494 e. The van der Waals surface area contributed by atoms with Crippen LogP contribution in [0.2, 0.25) is 0 Å². The molecule has 1 N–H and O–H groups in total. The number of rotatable bonds is 3. The molecular weight excluding hydrogens is 263 g/mol. The van der Waals surface area contributed by atoms with Crippen LogP contribution in [0.4, 0.5) is 0 Å². The SMILES string of the molecule is CCOc1ccc2ccc(S(=O)(=O)O)cc2c1.[Na]. The van der Waals surface area contributed by atoms with E-state index in [4.69, 9.17) is 9.29 Å². The van der Waals surface area contributed by atoms with E-state index in [-0.39, 0.29) is 34.5 Å². The summed E-state index contributed by atoms with van der Waals surface area (Å²) in [6.45, 7) is 2.42. The molecule has 2 aromatic rings. The maximum absolute atomic E-state index is 11.0. The Morgan fingerprint density at radius 3 is 2.39 bits per heavy atom. The average molecular weight is 275 g/mol. The molecule has 18 heavy (non-hydrogen) atoms.